The van der Waals surface area contributed by atoms with Crippen molar-refractivity contribution in [3.63, 3.8) is 0 Å². The quantitative estimate of drug-likeness (QED) is 0.239. The fourth-order valence-electron chi connectivity index (χ4n) is 0. The standard InChI is InChI=1S/2C2H5.2Au.4BrH/c2*1-2;;;;;;/h2*1H2,2H3;;;4*1H/q2*-1;+1;+3;;;;/p-4. The summed E-state index contributed by atoms with van der Waals surface area (Å²) >= 11 is 14.0. The van der Waals surface area contributed by atoms with Gasteiger partial charge in [-0.25, -0.2) is 0 Å². The van der Waals surface area contributed by atoms with Gasteiger partial charge in [-0.2, -0.15) is 13.8 Å². The van der Waals surface area contributed by atoms with Crippen molar-refractivity contribution in [1.29, 1.82) is 0 Å². The molecule has 0 heterocycles. The van der Waals surface area contributed by atoms with Crippen LogP contribution in [-0.4, -0.2) is 0 Å². The second-order valence-electron chi connectivity index (χ2n) is 0.129. The molecule has 0 aromatic rings. The van der Waals surface area contributed by atoms with Gasteiger partial charge in [0.05, 0.1) is 0 Å². The molecule has 0 bridgehead atoms. The van der Waals surface area contributed by atoms with Crippen LogP contribution in [0.15, 0.2) is 0 Å². The molecule has 0 unspecified atom stereocenters. The van der Waals surface area contributed by atoms with Gasteiger partial charge >= 0.3 is 83.1 Å². The Bertz CT molecular complexity index is 20.0. The molecule has 0 aliphatic carbocycles. The van der Waals surface area contributed by atoms with Crippen LogP contribution in [0.2, 0.25) is 0 Å². The molecule has 0 aromatic carbocycles. The van der Waals surface area contributed by atoms with Crippen LogP contribution in [0.5, 0.6) is 0 Å². The van der Waals surface area contributed by atoms with E-state index in [0.717, 1.165) is 0 Å². The van der Waals surface area contributed by atoms with Gasteiger partial charge in [-0.3, -0.25) is 0 Å². The maximum atomic E-state index is 3.25. The Hall–Kier alpha value is 3.40. The normalized spacial score (nSPS) is 6.40. The van der Waals surface area contributed by atoms with Gasteiger partial charge in [0.2, 0.25) is 0 Å². The van der Waals surface area contributed by atoms with Crippen LogP contribution in [0.25, 0.3) is 0 Å². The topological polar surface area (TPSA) is 0 Å². The molecular weight excluding hydrogens is 762 g/mol. The van der Waals surface area contributed by atoms with Gasteiger partial charge in [0, 0.05) is 0 Å². The van der Waals surface area contributed by atoms with Crippen molar-refractivity contribution >= 4 is 52.1 Å². The molecule has 0 N–H and O–H groups in total. The summed E-state index contributed by atoms with van der Waals surface area (Å²) in [5.41, 5.74) is 0. The smallest absolute Gasteiger partial charge is 0.194 e. The van der Waals surface area contributed by atoms with E-state index in [4.69, 9.17) is 0 Å². The SMILES string of the molecule is [Br][Au].[Br][Au]([Br])[Br].[CH2-]C.[CH2-]C. The Morgan fingerprint density at radius 1 is 0.900 bits per heavy atom. The van der Waals surface area contributed by atoms with E-state index in [0.29, 0.717) is 0 Å². The van der Waals surface area contributed by atoms with Gasteiger partial charge in [0.25, 0.3) is 0 Å². The first-order valence-corrected chi connectivity index (χ1v) is 20.8. The molecule has 0 amide bonds. The number of halogens is 4. The Morgan fingerprint density at radius 2 is 0.900 bits per heavy atom. The molecule has 0 spiro atoms. The molecule has 0 saturated carbocycles. The first kappa shape index (κ1) is 23.3. The molecule has 0 aliphatic rings. The average Bonchev–Trinajstić information content (AvgIpc) is 1.98. The van der Waals surface area contributed by atoms with Crippen LogP contribution in [0.3, 0.4) is 0 Å². The largest absolute Gasteiger partial charge is 0.346 e. The summed E-state index contributed by atoms with van der Waals surface area (Å²) in [4.78, 5) is 0. The average molecular weight is 772 g/mol. The second kappa shape index (κ2) is 39.3. The Kier molecular flexibility index (Phi) is 91.7. The summed E-state index contributed by atoms with van der Waals surface area (Å²) in [6, 6.07) is 0. The van der Waals surface area contributed by atoms with E-state index in [9.17, 15) is 0 Å². The van der Waals surface area contributed by atoms with E-state index in [1.54, 1.807) is 13.8 Å². The van der Waals surface area contributed by atoms with Gasteiger partial charge in [0.15, 0.2) is 0 Å². The minimum Gasteiger partial charge on any atom is -0.346 e. The van der Waals surface area contributed by atoms with E-state index in [-0.39, 0.29) is 0 Å². The van der Waals surface area contributed by atoms with Crippen LogP contribution in [0.4, 0.5) is 0 Å². The molecular formula is C4H10Au2Br4-2. The van der Waals surface area contributed by atoms with E-state index in [1.807, 2.05) is 0 Å². The summed E-state index contributed by atoms with van der Waals surface area (Å²) in [7, 11) is 0. The zero-order valence-corrected chi connectivity index (χ0v) is 16.2. The molecule has 0 rings (SSSR count). The third-order valence-corrected chi connectivity index (χ3v) is 0. The van der Waals surface area contributed by atoms with Gasteiger partial charge in [0.1, 0.15) is 0 Å². The Morgan fingerprint density at radius 3 is 0.900 bits per heavy atom. The molecule has 10 heavy (non-hydrogen) atoms. The molecule has 0 atom stereocenters. The Labute approximate surface area is 109 Å². The zero-order valence-electron chi connectivity index (χ0n) is 5.53. The maximum Gasteiger partial charge on any atom is -0.194 e. The van der Waals surface area contributed by atoms with E-state index in [1.165, 1.54) is 0 Å². The summed E-state index contributed by atoms with van der Waals surface area (Å²) in [6.45, 7) is 10.0. The van der Waals surface area contributed by atoms with Gasteiger partial charge in [-0.1, -0.05) is 0 Å². The minimum absolute atomic E-state index is 0.766. The molecule has 78 valence electrons. The van der Waals surface area contributed by atoms with Crippen LogP contribution in [0, 0.1) is 13.8 Å². The van der Waals surface area contributed by atoms with Gasteiger partial charge < -0.3 is 13.8 Å². The maximum absolute atomic E-state index is 3.25. The predicted molar refractivity (Wildman–Crippen MR) is 57.8 cm³/mol. The first-order valence-electron chi connectivity index (χ1n) is 1.87. The number of hydrogen-bond acceptors (Lipinski definition) is 0. The fraction of sp³-hybridized carbons (Fsp3) is 0.500. The van der Waals surface area contributed by atoms with Crippen molar-refractivity contribution in [2.45, 2.75) is 13.8 Å². The van der Waals surface area contributed by atoms with E-state index >= 15 is 0 Å². The van der Waals surface area contributed by atoms with Crippen molar-refractivity contribution in [1.82, 2.24) is 0 Å². The minimum atomic E-state index is -0.766. The van der Waals surface area contributed by atoms with Gasteiger partial charge in [-0.15, -0.1) is 0 Å². The van der Waals surface area contributed by atoms with Crippen molar-refractivity contribution in [2.24, 2.45) is 0 Å². The third kappa shape index (κ3) is 107. The molecule has 0 aliphatic heterocycles. The van der Waals surface area contributed by atoms with Crippen LogP contribution >= 0.6 is 52.1 Å². The number of rotatable bonds is 0. The Balaban J connectivity index is -0.0000000262. The summed E-state index contributed by atoms with van der Waals surface area (Å²) in [5.74, 6) is 0. The molecule has 0 fully saturated rings. The third-order valence-electron chi connectivity index (χ3n) is 0. The molecule has 6 heteroatoms. The molecule has 0 saturated heterocycles. The molecule has 0 radical (unpaired) electrons. The second-order valence-corrected chi connectivity index (χ2v) is 28.6. The van der Waals surface area contributed by atoms with Crippen LogP contribution in [0.1, 0.15) is 13.8 Å². The van der Waals surface area contributed by atoms with Crippen molar-refractivity contribution in [2.75, 3.05) is 0 Å². The van der Waals surface area contributed by atoms with Crippen LogP contribution in [-0.2, 0) is 31.0 Å². The van der Waals surface area contributed by atoms with Crippen LogP contribution < -0.4 is 0 Å². The van der Waals surface area contributed by atoms with Crippen molar-refractivity contribution < 1.29 is 31.0 Å². The van der Waals surface area contributed by atoms with Crippen molar-refractivity contribution in [3.05, 3.63) is 13.8 Å². The first-order chi connectivity index (χ1) is 4.73. The monoisotopic (exact) mass is 768 g/mol. The predicted octanol–water partition coefficient (Wildman–Crippen LogP) is 5.06. The van der Waals surface area contributed by atoms with Crippen molar-refractivity contribution in [3.8, 4) is 0 Å². The summed E-state index contributed by atoms with van der Waals surface area (Å²) < 4.78 is 0. The van der Waals surface area contributed by atoms with E-state index in [2.05, 4.69) is 84.9 Å². The molecule has 0 nitrogen and oxygen atoms in total. The number of hydrogen-bond donors (Lipinski definition) is 0. The van der Waals surface area contributed by atoms with E-state index < -0.39 is 12.0 Å². The summed E-state index contributed by atoms with van der Waals surface area (Å²) in [5, 5.41) is 0. The van der Waals surface area contributed by atoms with Gasteiger partial charge in [-0.05, 0) is 0 Å². The summed E-state index contributed by atoms with van der Waals surface area (Å²) in [6.07, 6.45) is 0. The molecule has 0 aromatic heterocycles. The fourth-order valence-corrected chi connectivity index (χ4v) is 0. The zero-order chi connectivity index (χ0) is 9.58.